The van der Waals surface area contributed by atoms with E-state index in [1.807, 2.05) is 12.1 Å². The quantitative estimate of drug-likeness (QED) is 0.418. The van der Waals surface area contributed by atoms with Crippen molar-refractivity contribution >= 4 is 49.8 Å². The summed E-state index contributed by atoms with van der Waals surface area (Å²) in [6.07, 6.45) is 1.63. The number of benzene rings is 3. The average molecular weight is 468 g/mol. The van der Waals surface area contributed by atoms with Gasteiger partial charge in [-0.05, 0) is 42.5 Å². The Morgan fingerprint density at radius 3 is 2.53 bits per heavy atom. The third kappa shape index (κ3) is 4.37. The number of pyridine rings is 1. The fraction of sp³-hybridized carbons (Fsp3) is 0.0435. The molecular formula is C23H18ClN3O4S. The molecule has 0 unspecified atom stereocenters. The van der Waals surface area contributed by atoms with Crippen LogP contribution >= 0.6 is 11.6 Å². The van der Waals surface area contributed by atoms with Gasteiger partial charge in [0, 0.05) is 17.1 Å². The number of ether oxygens (including phenoxy) is 1. The molecule has 0 aliphatic carbocycles. The lowest BCUT2D eigenvalue weighted by atomic mass is 10.1. The van der Waals surface area contributed by atoms with E-state index in [9.17, 15) is 13.2 Å². The number of nitrogens with zero attached hydrogens (tertiary/aromatic N) is 1. The smallest absolute Gasteiger partial charge is 0.263 e. The molecule has 0 radical (unpaired) electrons. The SMILES string of the molecule is COc1ccccc1NS(=O)(=O)c1cc(C(=O)Nc2cccc3cccnc23)ccc1Cl. The van der Waals surface area contributed by atoms with Crippen LogP contribution in [0, 0.1) is 0 Å². The molecule has 0 aliphatic rings. The van der Waals surface area contributed by atoms with Crippen molar-refractivity contribution in [2.75, 3.05) is 17.1 Å². The van der Waals surface area contributed by atoms with Gasteiger partial charge in [-0.1, -0.05) is 41.9 Å². The van der Waals surface area contributed by atoms with Crippen molar-refractivity contribution in [1.82, 2.24) is 4.98 Å². The van der Waals surface area contributed by atoms with Crippen molar-refractivity contribution < 1.29 is 17.9 Å². The molecule has 32 heavy (non-hydrogen) atoms. The number of rotatable bonds is 6. The zero-order chi connectivity index (χ0) is 22.7. The number of carbonyl (C=O) groups is 1. The highest BCUT2D eigenvalue weighted by Gasteiger charge is 2.22. The maximum absolute atomic E-state index is 13.0. The minimum Gasteiger partial charge on any atom is -0.495 e. The first-order valence-corrected chi connectivity index (χ1v) is 11.4. The zero-order valence-corrected chi connectivity index (χ0v) is 18.4. The first-order chi connectivity index (χ1) is 15.4. The first-order valence-electron chi connectivity index (χ1n) is 9.49. The van der Waals surface area contributed by atoms with E-state index in [-0.39, 0.29) is 21.2 Å². The molecule has 3 aromatic carbocycles. The predicted octanol–water partition coefficient (Wildman–Crippen LogP) is 4.95. The van der Waals surface area contributed by atoms with E-state index in [2.05, 4.69) is 15.0 Å². The lowest BCUT2D eigenvalue weighted by molar-refractivity contribution is 0.102. The largest absolute Gasteiger partial charge is 0.495 e. The summed E-state index contributed by atoms with van der Waals surface area (Å²) < 4.78 is 33.7. The van der Waals surface area contributed by atoms with Gasteiger partial charge in [0.25, 0.3) is 15.9 Å². The average Bonchev–Trinajstić information content (AvgIpc) is 2.79. The number of sulfonamides is 1. The van der Waals surface area contributed by atoms with Crippen LogP contribution in [0.2, 0.25) is 5.02 Å². The van der Waals surface area contributed by atoms with Crippen LogP contribution in [0.1, 0.15) is 10.4 Å². The van der Waals surface area contributed by atoms with Gasteiger partial charge in [0.05, 0.1) is 29.0 Å². The summed E-state index contributed by atoms with van der Waals surface area (Å²) in [6.45, 7) is 0. The minimum atomic E-state index is -4.09. The molecule has 162 valence electrons. The first kappa shape index (κ1) is 21.6. The Hall–Kier alpha value is -3.62. The van der Waals surface area contributed by atoms with Gasteiger partial charge in [0.2, 0.25) is 0 Å². The fourth-order valence-electron chi connectivity index (χ4n) is 3.18. The van der Waals surface area contributed by atoms with Gasteiger partial charge in [-0.2, -0.15) is 0 Å². The van der Waals surface area contributed by atoms with Crippen molar-refractivity contribution in [1.29, 1.82) is 0 Å². The van der Waals surface area contributed by atoms with Crippen molar-refractivity contribution in [3.63, 3.8) is 0 Å². The van der Waals surface area contributed by atoms with E-state index in [0.29, 0.717) is 17.0 Å². The third-order valence-electron chi connectivity index (χ3n) is 4.72. The number of methoxy groups -OCH3 is 1. The van der Waals surface area contributed by atoms with Crippen molar-refractivity contribution in [3.05, 3.63) is 89.6 Å². The Labute approximate surface area is 190 Å². The lowest BCUT2D eigenvalue weighted by Crippen LogP contribution is -2.17. The van der Waals surface area contributed by atoms with Crippen LogP contribution in [-0.2, 0) is 10.0 Å². The number of para-hydroxylation sites is 3. The Morgan fingerprint density at radius 1 is 0.969 bits per heavy atom. The van der Waals surface area contributed by atoms with Crippen LogP contribution in [0.3, 0.4) is 0 Å². The summed E-state index contributed by atoms with van der Waals surface area (Å²) in [6, 6.07) is 19.7. The van der Waals surface area contributed by atoms with Gasteiger partial charge in [-0.25, -0.2) is 8.42 Å². The summed E-state index contributed by atoms with van der Waals surface area (Å²) in [7, 11) is -2.66. The number of fused-ring (bicyclic) bond motifs is 1. The number of aromatic nitrogens is 1. The summed E-state index contributed by atoms with van der Waals surface area (Å²) in [4.78, 5) is 17.0. The molecule has 1 amide bonds. The molecule has 9 heteroatoms. The second kappa shape index (κ2) is 8.86. The molecule has 0 atom stereocenters. The number of anilines is 2. The van der Waals surface area contributed by atoms with Gasteiger partial charge in [-0.15, -0.1) is 0 Å². The van der Waals surface area contributed by atoms with Gasteiger partial charge in [0.1, 0.15) is 10.6 Å². The highest BCUT2D eigenvalue weighted by atomic mass is 35.5. The second-order valence-electron chi connectivity index (χ2n) is 6.79. The molecule has 1 aromatic heterocycles. The minimum absolute atomic E-state index is 0.0178. The number of carbonyl (C=O) groups excluding carboxylic acids is 1. The van der Waals surface area contributed by atoms with E-state index in [1.165, 1.54) is 25.3 Å². The molecule has 0 saturated heterocycles. The van der Waals surface area contributed by atoms with E-state index < -0.39 is 15.9 Å². The molecule has 4 aromatic rings. The van der Waals surface area contributed by atoms with Gasteiger partial charge < -0.3 is 10.1 Å². The van der Waals surface area contributed by atoms with Crippen LogP contribution in [0.15, 0.2) is 83.9 Å². The number of hydrogen-bond acceptors (Lipinski definition) is 5. The highest BCUT2D eigenvalue weighted by Crippen LogP contribution is 2.30. The topological polar surface area (TPSA) is 97.4 Å². The van der Waals surface area contributed by atoms with Crippen LogP contribution in [-0.4, -0.2) is 26.4 Å². The maximum atomic E-state index is 13.0. The van der Waals surface area contributed by atoms with Crippen LogP contribution in [0.25, 0.3) is 10.9 Å². The Balaban J connectivity index is 1.65. The number of nitrogens with one attached hydrogen (secondary N) is 2. The monoisotopic (exact) mass is 467 g/mol. The summed E-state index contributed by atoms with van der Waals surface area (Å²) in [5.41, 5.74) is 1.52. The molecule has 1 heterocycles. The van der Waals surface area contributed by atoms with E-state index in [0.717, 1.165) is 5.39 Å². The Kier molecular flexibility index (Phi) is 5.98. The molecule has 4 rings (SSSR count). The van der Waals surface area contributed by atoms with Crippen molar-refractivity contribution in [3.8, 4) is 5.75 Å². The fourth-order valence-corrected chi connectivity index (χ4v) is 4.78. The van der Waals surface area contributed by atoms with Crippen molar-refractivity contribution in [2.24, 2.45) is 0 Å². The normalized spacial score (nSPS) is 11.2. The van der Waals surface area contributed by atoms with Crippen molar-refractivity contribution in [2.45, 2.75) is 4.90 Å². The molecule has 0 aliphatic heterocycles. The van der Waals surface area contributed by atoms with Gasteiger partial charge in [0.15, 0.2) is 0 Å². The van der Waals surface area contributed by atoms with E-state index >= 15 is 0 Å². The predicted molar refractivity (Wildman–Crippen MR) is 125 cm³/mol. The number of halogens is 1. The van der Waals surface area contributed by atoms with E-state index in [4.69, 9.17) is 16.3 Å². The Bertz CT molecular complexity index is 1420. The molecule has 0 spiro atoms. The van der Waals surface area contributed by atoms with Crippen LogP contribution in [0.4, 0.5) is 11.4 Å². The van der Waals surface area contributed by atoms with Crippen LogP contribution in [0.5, 0.6) is 5.75 Å². The molecule has 0 bridgehead atoms. The molecule has 0 saturated carbocycles. The number of amides is 1. The Morgan fingerprint density at radius 2 is 1.72 bits per heavy atom. The standard InChI is InChI=1S/C23H18ClN3O4S/c1-31-20-10-3-2-8-18(20)27-32(29,30)21-14-16(11-12-17(21)24)23(28)26-19-9-4-6-15-7-5-13-25-22(15)19/h2-14,27H,1H3,(H,26,28). The summed E-state index contributed by atoms with van der Waals surface area (Å²) >= 11 is 6.17. The van der Waals surface area contributed by atoms with Gasteiger partial charge >= 0.3 is 0 Å². The molecular weight excluding hydrogens is 450 g/mol. The van der Waals surface area contributed by atoms with Gasteiger partial charge in [-0.3, -0.25) is 14.5 Å². The lowest BCUT2D eigenvalue weighted by Gasteiger charge is -2.14. The molecule has 7 nitrogen and oxygen atoms in total. The third-order valence-corrected chi connectivity index (χ3v) is 6.56. The van der Waals surface area contributed by atoms with Crippen LogP contribution < -0.4 is 14.8 Å². The number of hydrogen-bond donors (Lipinski definition) is 2. The van der Waals surface area contributed by atoms with E-state index in [1.54, 1.807) is 48.7 Å². The summed E-state index contributed by atoms with van der Waals surface area (Å²) in [5.74, 6) is -0.141. The summed E-state index contributed by atoms with van der Waals surface area (Å²) in [5, 5.41) is 3.64. The molecule has 2 N–H and O–H groups in total. The maximum Gasteiger partial charge on any atom is 0.263 e. The zero-order valence-electron chi connectivity index (χ0n) is 16.9. The molecule has 0 fully saturated rings. The highest BCUT2D eigenvalue weighted by molar-refractivity contribution is 7.92. The second-order valence-corrected chi connectivity index (χ2v) is 8.84.